The summed E-state index contributed by atoms with van der Waals surface area (Å²) in [7, 11) is 0. The van der Waals surface area contributed by atoms with Crippen molar-refractivity contribution in [3.8, 4) is 0 Å². The molecule has 0 amide bonds. The second kappa shape index (κ2) is 5.87. The lowest BCUT2D eigenvalue weighted by molar-refractivity contribution is 0.0792. The van der Waals surface area contributed by atoms with Crippen LogP contribution in [0.3, 0.4) is 0 Å². The van der Waals surface area contributed by atoms with Crippen molar-refractivity contribution in [1.82, 2.24) is 14.9 Å². The van der Waals surface area contributed by atoms with Crippen LogP contribution in [-0.4, -0.2) is 39.2 Å². The average Bonchev–Trinajstić information content (AvgIpc) is 2.55. The lowest BCUT2D eigenvalue weighted by Gasteiger charge is -2.29. The van der Waals surface area contributed by atoms with Gasteiger partial charge in [0.05, 0.1) is 11.8 Å². The number of rotatable bonds is 2. The highest BCUT2D eigenvalue weighted by Gasteiger charge is 2.20. The molecular formula is C16H18N4OS. The minimum Gasteiger partial charge on any atom is -0.393 e. The summed E-state index contributed by atoms with van der Waals surface area (Å²) in [6, 6.07) is 6.53. The fourth-order valence-corrected chi connectivity index (χ4v) is 3.79. The molecule has 114 valence electrons. The summed E-state index contributed by atoms with van der Waals surface area (Å²) in [5.41, 5.74) is 2.39. The van der Waals surface area contributed by atoms with E-state index in [1.54, 1.807) is 24.2 Å². The van der Waals surface area contributed by atoms with Crippen molar-refractivity contribution in [2.75, 3.05) is 18.4 Å². The van der Waals surface area contributed by atoms with Gasteiger partial charge < -0.3 is 10.4 Å². The Hall–Kier alpha value is -1.63. The highest BCUT2D eigenvalue weighted by Crippen LogP contribution is 2.42. The molecule has 6 heteroatoms. The number of aliphatic hydroxyl groups excluding tert-OH is 1. The quantitative estimate of drug-likeness (QED) is 0.758. The monoisotopic (exact) mass is 314 g/mol. The smallest absolute Gasteiger partial charge is 0.163 e. The molecule has 2 aliphatic rings. The number of nitrogens with one attached hydrogen (secondary N) is 1. The van der Waals surface area contributed by atoms with Crippen LogP contribution in [0.15, 0.2) is 40.5 Å². The SMILES string of the molecule is OC1CCN(Cc2ccc3c(c2)Nc2nccnc2S3)CC1. The Balaban J connectivity index is 1.51. The molecule has 4 rings (SSSR count). The Labute approximate surface area is 133 Å². The van der Waals surface area contributed by atoms with Crippen LogP contribution in [0.1, 0.15) is 18.4 Å². The van der Waals surface area contributed by atoms with E-state index in [2.05, 4.69) is 38.4 Å². The Morgan fingerprint density at radius 2 is 2.05 bits per heavy atom. The molecule has 2 aromatic rings. The van der Waals surface area contributed by atoms with Crippen LogP contribution in [0.5, 0.6) is 0 Å². The summed E-state index contributed by atoms with van der Waals surface area (Å²) in [4.78, 5) is 12.3. The lowest BCUT2D eigenvalue weighted by atomic mass is 10.1. The van der Waals surface area contributed by atoms with Gasteiger partial charge in [0, 0.05) is 36.9 Å². The first kappa shape index (κ1) is 14.0. The van der Waals surface area contributed by atoms with Crippen molar-refractivity contribution >= 4 is 23.3 Å². The Morgan fingerprint density at radius 3 is 2.91 bits per heavy atom. The summed E-state index contributed by atoms with van der Waals surface area (Å²) in [6.45, 7) is 2.86. The Kier molecular flexibility index (Phi) is 3.73. The van der Waals surface area contributed by atoms with E-state index in [0.29, 0.717) is 0 Å². The van der Waals surface area contributed by atoms with Crippen molar-refractivity contribution in [2.45, 2.75) is 35.4 Å². The fourth-order valence-electron chi connectivity index (χ4n) is 2.92. The van der Waals surface area contributed by atoms with Crippen LogP contribution in [0.4, 0.5) is 11.5 Å². The molecule has 1 fully saturated rings. The lowest BCUT2D eigenvalue weighted by Crippen LogP contribution is -2.35. The maximum absolute atomic E-state index is 9.59. The second-order valence-corrected chi connectivity index (χ2v) is 6.81. The summed E-state index contributed by atoms with van der Waals surface area (Å²) >= 11 is 1.65. The van der Waals surface area contributed by atoms with Crippen molar-refractivity contribution in [3.63, 3.8) is 0 Å². The van der Waals surface area contributed by atoms with Crippen LogP contribution in [0.25, 0.3) is 0 Å². The first-order valence-corrected chi connectivity index (χ1v) is 8.39. The number of piperidine rings is 1. The molecule has 5 nitrogen and oxygen atoms in total. The number of benzene rings is 1. The predicted octanol–water partition coefficient (Wildman–Crippen LogP) is 2.64. The standard InChI is InChI=1S/C16H18N4OS/c21-12-3-7-20(8-4-12)10-11-1-2-14-13(9-11)19-15-16(22-14)18-6-5-17-15/h1-2,5-6,9,12,21H,3-4,7-8,10H2,(H,17,19). The average molecular weight is 314 g/mol. The molecule has 1 aromatic heterocycles. The van der Waals surface area contributed by atoms with Crippen molar-refractivity contribution in [2.24, 2.45) is 0 Å². The molecule has 22 heavy (non-hydrogen) atoms. The molecule has 1 aromatic carbocycles. The molecule has 1 saturated heterocycles. The normalized spacial score (nSPS) is 18.4. The number of aromatic nitrogens is 2. The molecule has 0 spiro atoms. The highest BCUT2D eigenvalue weighted by atomic mass is 32.2. The molecule has 2 aliphatic heterocycles. The van der Waals surface area contributed by atoms with Gasteiger partial charge in [0.1, 0.15) is 5.03 Å². The summed E-state index contributed by atoms with van der Waals surface area (Å²) in [5, 5.41) is 13.9. The number of hydrogen-bond acceptors (Lipinski definition) is 6. The third-order valence-electron chi connectivity index (χ3n) is 4.13. The van der Waals surface area contributed by atoms with Crippen LogP contribution in [0.2, 0.25) is 0 Å². The second-order valence-electron chi connectivity index (χ2n) is 5.77. The summed E-state index contributed by atoms with van der Waals surface area (Å²) < 4.78 is 0. The number of fused-ring (bicyclic) bond motifs is 2. The van der Waals surface area contributed by atoms with Gasteiger partial charge in [-0.15, -0.1) is 0 Å². The molecule has 0 saturated carbocycles. The van der Waals surface area contributed by atoms with Gasteiger partial charge in [-0.2, -0.15) is 0 Å². The van der Waals surface area contributed by atoms with E-state index < -0.39 is 0 Å². The number of nitrogens with zero attached hydrogens (tertiary/aromatic N) is 3. The Bertz CT molecular complexity index is 686. The van der Waals surface area contributed by atoms with E-state index >= 15 is 0 Å². The number of anilines is 2. The van der Waals surface area contributed by atoms with E-state index in [0.717, 1.165) is 49.0 Å². The number of likely N-dealkylation sites (tertiary alicyclic amines) is 1. The minimum absolute atomic E-state index is 0.118. The van der Waals surface area contributed by atoms with Crippen molar-refractivity contribution in [1.29, 1.82) is 0 Å². The van der Waals surface area contributed by atoms with Gasteiger partial charge in [0.15, 0.2) is 5.82 Å². The zero-order valence-corrected chi connectivity index (χ0v) is 13.0. The molecule has 0 bridgehead atoms. The molecule has 3 heterocycles. The van der Waals surface area contributed by atoms with Crippen LogP contribution in [0, 0.1) is 0 Å². The zero-order chi connectivity index (χ0) is 14.9. The van der Waals surface area contributed by atoms with Gasteiger partial charge in [-0.05, 0) is 30.5 Å². The maximum atomic E-state index is 9.59. The van der Waals surface area contributed by atoms with E-state index in [9.17, 15) is 5.11 Å². The van der Waals surface area contributed by atoms with Gasteiger partial charge in [0.2, 0.25) is 0 Å². The largest absolute Gasteiger partial charge is 0.393 e. The van der Waals surface area contributed by atoms with Crippen molar-refractivity contribution in [3.05, 3.63) is 36.2 Å². The number of aliphatic hydroxyl groups is 1. The molecular weight excluding hydrogens is 296 g/mol. The molecule has 0 atom stereocenters. The molecule has 0 unspecified atom stereocenters. The van der Waals surface area contributed by atoms with Gasteiger partial charge in [-0.3, -0.25) is 4.90 Å². The van der Waals surface area contributed by atoms with E-state index in [-0.39, 0.29) is 6.10 Å². The van der Waals surface area contributed by atoms with Gasteiger partial charge in [-0.25, -0.2) is 9.97 Å². The Morgan fingerprint density at radius 1 is 1.23 bits per heavy atom. The van der Waals surface area contributed by atoms with E-state index in [1.807, 2.05) is 0 Å². The summed E-state index contributed by atoms with van der Waals surface area (Å²) in [6.07, 6.45) is 5.06. The van der Waals surface area contributed by atoms with Crippen LogP contribution in [-0.2, 0) is 6.54 Å². The molecule has 2 N–H and O–H groups in total. The summed E-state index contributed by atoms with van der Waals surface area (Å²) in [5.74, 6) is 0.832. The first-order chi connectivity index (χ1) is 10.8. The first-order valence-electron chi connectivity index (χ1n) is 7.57. The molecule has 0 radical (unpaired) electrons. The predicted molar refractivity (Wildman–Crippen MR) is 86.4 cm³/mol. The van der Waals surface area contributed by atoms with Crippen LogP contribution >= 0.6 is 11.8 Å². The fraction of sp³-hybridized carbons (Fsp3) is 0.375. The van der Waals surface area contributed by atoms with Gasteiger partial charge >= 0.3 is 0 Å². The topological polar surface area (TPSA) is 61.3 Å². The minimum atomic E-state index is -0.118. The highest BCUT2D eigenvalue weighted by molar-refractivity contribution is 7.99. The van der Waals surface area contributed by atoms with E-state index in [1.165, 1.54) is 10.5 Å². The number of hydrogen-bond donors (Lipinski definition) is 2. The van der Waals surface area contributed by atoms with Gasteiger partial charge in [-0.1, -0.05) is 17.8 Å². The van der Waals surface area contributed by atoms with Crippen LogP contribution < -0.4 is 5.32 Å². The molecule has 0 aliphatic carbocycles. The van der Waals surface area contributed by atoms with Crippen molar-refractivity contribution < 1.29 is 5.11 Å². The van der Waals surface area contributed by atoms with Gasteiger partial charge in [0.25, 0.3) is 0 Å². The maximum Gasteiger partial charge on any atom is 0.163 e. The van der Waals surface area contributed by atoms with E-state index in [4.69, 9.17) is 0 Å². The third-order valence-corrected chi connectivity index (χ3v) is 5.20. The zero-order valence-electron chi connectivity index (χ0n) is 12.2. The third kappa shape index (κ3) is 2.82.